The maximum atomic E-state index is 9.09. The predicted molar refractivity (Wildman–Crippen MR) is 387 cm³/mol. The molecule has 0 saturated carbocycles. The normalized spacial score (nSPS) is 13.5. The average Bonchev–Trinajstić information content (AvgIpc) is 1.51. The number of rotatable bonds is 7. The summed E-state index contributed by atoms with van der Waals surface area (Å²) < 4.78 is 106. The summed E-state index contributed by atoms with van der Waals surface area (Å²) in [5, 5.41) is 16.3. The second kappa shape index (κ2) is 22.4. The van der Waals surface area contributed by atoms with Gasteiger partial charge in [-0.25, -0.2) is 0 Å². The van der Waals surface area contributed by atoms with Crippen molar-refractivity contribution in [3.63, 3.8) is 0 Å². The molecule has 19 aromatic rings. The van der Waals surface area contributed by atoms with Crippen molar-refractivity contribution in [2.45, 2.75) is 0 Å². The first-order chi connectivity index (χ1) is 50.6. The summed E-state index contributed by atoms with van der Waals surface area (Å²) in [6.45, 7) is 0. The Bertz CT molecular complexity index is 6890. The first kappa shape index (κ1) is 42.8. The Labute approximate surface area is 557 Å². The number of hydrogen-bond donors (Lipinski definition) is 0. The monoisotopic (exact) mass is 1310 g/mol. The fraction of sp³-hybridized carbons (Fsp3) is 0. The maximum absolute atomic E-state index is 9.09. The van der Waals surface area contributed by atoms with Gasteiger partial charge < -0.3 is 0 Å². The van der Waals surface area contributed by atoms with E-state index in [0.717, 1.165) is 54.4 Å². The number of fused-ring (bicyclic) bond motifs is 16. The minimum atomic E-state index is -0.881. The summed E-state index contributed by atoms with van der Waals surface area (Å²) in [5.74, 6) is 1.67. The van der Waals surface area contributed by atoms with Gasteiger partial charge in [0.25, 0.3) is 0 Å². The molecule has 0 fully saturated rings. The second-order valence-electron chi connectivity index (χ2n) is 22.3. The standard InChI is InChI=1S/C45H27N3Se.C39H23N3Se/c1-3-11-28(12-4-1)35-17-9-18-38-39-19-10-20-40(42(39)49-41(35)38)45-47-43(30-14-5-2-6-15-30)46-44(48-45)32-23-24-34-31(27-32)22-26-36-33-16-8-7-13-29(33)21-25-37(34)36;1-2-10-25(11-3-1)37-40-38(42-39(41-37)34-15-8-14-33-32-13-6-7-16-35(32)43-36(33)34)27-19-20-29-26(23-27)18-22-30-28-12-5-4-9-24(28)17-21-31(29)30/h1-27H;1-23H/i;1D,2D,3D,6D,7D,8D,10D,11D,13D,14D,15D,16D. The summed E-state index contributed by atoms with van der Waals surface area (Å²) in [5.41, 5.74) is 5.77. The van der Waals surface area contributed by atoms with Crippen molar-refractivity contribution >= 4 is 132 Å². The van der Waals surface area contributed by atoms with Crippen LogP contribution in [0.5, 0.6) is 0 Å². The molecule has 0 saturated heterocycles. The van der Waals surface area contributed by atoms with Crippen molar-refractivity contribution in [3.8, 4) is 79.5 Å². The van der Waals surface area contributed by atoms with Crippen LogP contribution in [0.15, 0.2) is 303 Å². The minimum absolute atomic E-state index is 0.00000988. The van der Waals surface area contributed by atoms with Crippen molar-refractivity contribution in [1.82, 2.24) is 29.9 Å². The van der Waals surface area contributed by atoms with E-state index in [9.17, 15) is 0 Å². The first-order valence-corrected chi connectivity index (χ1v) is 33.3. The molecule has 0 aliphatic rings. The molecule has 15 aromatic carbocycles. The van der Waals surface area contributed by atoms with Gasteiger partial charge in [0.2, 0.25) is 0 Å². The van der Waals surface area contributed by atoms with Crippen molar-refractivity contribution in [3.05, 3.63) is 303 Å². The van der Waals surface area contributed by atoms with Crippen LogP contribution in [-0.4, -0.2) is 58.9 Å². The van der Waals surface area contributed by atoms with Crippen molar-refractivity contribution < 1.29 is 16.4 Å². The van der Waals surface area contributed by atoms with Crippen LogP contribution in [0.3, 0.4) is 0 Å². The molecule has 0 spiro atoms. The molecule has 0 bridgehead atoms. The number of nitrogens with zero attached hydrogens (tertiary/aromatic N) is 6. The van der Waals surface area contributed by atoms with Crippen LogP contribution in [0.1, 0.15) is 16.4 Å². The van der Waals surface area contributed by atoms with Gasteiger partial charge in [-0.15, -0.1) is 0 Å². The summed E-state index contributed by atoms with van der Waals surface area (Å²) >= 11 is -0.797. The zero-order chi connectivity index (χ0) is 71.1. The van der Waals surface area contributed by atoms with Crippen LogP contribution in [-0.2, 0) is 0 Å². The molecule has 6 nitrogen and oxygen atoms in total. The van der Waals surface area contributed by atoms with Crippen LogP contribution in [0.2, 0.25) is 0 Å². The molecular weight excluding hydrogens is 1250 g/mol. The van der Waals surface area contributed by atoms with E-state index in [4.69, 9.17) is 36.4 Å². The van der Waals surface area contributed by atoms with E-state index in [-0.39, 0.29) is 76.3 Å². The van der Waals surface area contributed by atoms with E-state index < -0.39 is 68.9 Å². The topological polar surface area (TPSA) is 77.3 Å². The Hall–Kier alpha value is -11.1. The SMILES string of the molecule is [2H]c1c([2H])c([2H])c(-c2nc(-c3ccc4c(ccc5c6ccccc6ccc45)c3)nc(-c3c([2H])c([2H])c([2H])c4c3[se]c3c([2H])c([2H])c([2H])c([2H])c34)n2)c([2H])c1[2H].c1ccc(-c2nc(-c3ccc4c(ccc5c6ccccc6ccc45)c3)nc(-c3cccc4c3[se]c3c(-c5ccccc5)cccc34)n2)cc1. The summed E-state index contributed by atoms with van der Waals surface area (Å²) in [6, 6.07) is 74.5. The van der Waals surface area contributed by atoms with E-state index >= 15 is 0 Å². The van der Waals surface area contributed by atoms with Gasteiger partial charge in [-0.1, -0.05) is 48.5 Å². The summed E-state index contributed by atoms with van der Waals surface area (Å²) in [4.78, 5) is 29.5. The van der Waals surface area contributed by atoms with Gasteiger partial charge in [0.15, 0.2) is 0 Å². The van der Waals surface area contributed by atoms with Crippen molar-refractivity contribution in [1.29, 1.82) is 0 Å². The molecule has 92 heavy (non-hydrogen) atoms. The van der Waals surface area contributed by atoms with Crippen LogP contribution in [0.4, 0.5) is 0 Å². The Morgan fingerprint density at radius 2 is 0.641 bits per heavy atom. The molecule has 0 aliphatic heterocycles. The van der Waals surface area contributed by atoms with E-state index in [1.807, 2.05) is 54.6 Å². The molecule has 428 valence electrons. The molecule has 0 radical (unpaired) electrons. The van der Waals surface area contributed by atoms with Crippen LogP contribution < -0.4 is 0 Å². The third-order valence-corrected chi connectivity index (χ3v) is 22.1. The quantitative estimate of drug-likeness (QED) is 0.117. The summed E-state index contributed by atoms with van der Waals surface area (Å²) in [7, 11) is 0. The Kier molecular flexibility index (Phi) is 10.4. The third-order valence-electron chi connectivity index (χ3n) is 17.0. The Balaban J connectivity index is 0.000000149. The zero-order valence-corrected chi connectivity index (χ0v) is 51.9. The molecule has 19 rings (SSSR count). The van der Waals surface area contributed by atoms with Crippen LogP contribution >= 0.6 is 0 Å². The molecule has 0 amide bonds. The van der Waals surface area contributed by atoms with E-state index in [2.05, 4.69) is 180 Å². The van der Waals surface area contributed by atoms with Crippen molar-refractivity contribution in [2.24, 2.45) is 0 Å². The van der Waals surface area contributed by atoms with Gasteiger partial charge >= 0.3 is 502 Å². The average molecular weight is 1310 g/mol. The second-order valence-corrected chi connectivity index (χ2v) is 26.6. The van der Waals surface area contributed by atoms with Gasteiger partial charge in [-0.3, -0.25) is 0 Å². The molecule has 0 aliphatic carbocycles. The summed E-state index contributed by atoms with van der Waals surface area (Å²) in [6.07, 6.45) is 0. The Morgan fingerprint density at radius 3 is 1.25 bits per heavy atom. The van der Waals surface area contributed by atoms with Gasteiger partial charge in [-0.05, 0) is 10.8 Å². The van der Waals surface area contributed by atoms with E-state index in [1.54, 1.807) is 6.07 Å². The first-order valence-electron chi connectivity index (χ1n) is 35.8. The van der Waals surface area contributed by atoms with Gasteiger partial charge in [-0.2, -0.15) is 0 Å². The van der Waals surface area contributed by atoms with Gasteiger partial charge in [0.05, 0.1) is 0 Å². The van der Waals surface area contributed by atoms with Crippen LogP contribution in [0, 0.1) is 0 Å². The zero-order valence-electron chi connectivity index (χ0n) is 60.4. The predicted octanol–water partition coefficient (Wildman–Crippen LogP) is 21.1. The molecule has 0 N–H and O–H groups in total. The molecule has 0 atom stereocenters. The van der Waals surface area contributed by atoms with Gasteiger partial charge in [0.1, 0.15) is 0 Å². The van der Waals surface area contributed by atoms with Crippen molar-refractivity contribution in [2.75, 3.05) is 0 Å². The number of aromatic nitrogens is 6. The number of hydrogen-bond acceptors (Lipinski definition) is 6. The molecule has 8 heteroatoms. The molecule has 4 aromatic heterocycles. The van der Waals surface area contributed by atoms with E-state index in [1.165, 1.54) is 57.4 Å². The molecular formula is C84H50N6Se2. The molecule has 0 unspecified atom stereocenters. The fourth-order valence-corrected chi connectivity index (χ4v) is 17.7. The number of benzene rings is 15. The fourth-order valence-electron chi connectivity index (χ4n) is 12.7. The van der Waals surface area contributed by atoms with Gasteiger partial charge in [0, 0.05) is 0 Å². The Morgan fingerprint density at radius 1 is 0.217 bits per heavy atom. The third kappa shape index (κ3) is 9.39. The molecule has 4 heterocycles. The van der Waals surface area contributed by atoms with Crippen LogP contribution in [0.25, 0.3) is 183 Å². The van der Waals surface area contributed by atoms with E-state index in [0.29, 0.717) is 27.3 Å².